The van der Waals surface area contributed by atoms with Crippen LogP contribution in [0.4, 0.5) is 14.5 Å². The summed E-state index contributed by atoms with van der Waals surface area (Å²) in [7, 11) is -2.84. The van der Waals surface area contributed by atoms with Crippen molar-refractivity contribution >= 4 is 21.5 Å². The lowest BCUT2D eigenvalue weighted by Crippen LogP contribution is -2.39. The Balaban J connectivity index is 1.59. The third kappa shape index (κ3) is 3.76. The van der Waals surface area contributed by atoms with Crippen molar-refractivity contribution in [1.82, 2.24) is 0 Å². The normalized spacial score (nSPS) is 16.3. The van der Waals surface area contributed by atoms with Crippen LogP contribution < -0.4 is 9.46 Å². The number of methoxy groups -OCH3 is 1. The standard InChI is InChI=1S/C26H23F2NO4S/c1-33-23-13-19(28)6-7-24(23)34(31,32)29-20-12-17(10-16-4-2-5-18(27)11-16)21-15-25(30)26(8-3-9-26)22(21)14-20/h2,4-7,11-14,29H,3,8-10,15H2,1H3. The smallest absolute Gasteiger partial charge is 0.265 e. The molecule has 0 saturated heterocycles. The number of Topliss-reactive ketones (excluding diaryl/α,β-unsaturated/α-hetero) is 1. The molecule has 0 atom stereocenters. The summed E-state index contributed by atoms with van der Waals surface area (Å²) in [5.74, 6) is -0.939. The average molecular weight is 484 g/mol. The number of ketones is 1. The van der Waals surface area contributed by atoms with Gasteiger partial charge in [0.2, 0.25) is 0 Å². The van der Waals surface area contributed by atoms with E-state index in [2.05, 4.69) is 4.72 Å². The second-order valence-corrected chi connectivity index (χ2v) is 10.6. The summed E-state index contributed by atoms with van der Waals surface area (Å²) < 4.78 is 61.4. The van der Waals surface area contributed by atoms with Crippen molar-refractivity contribution in [2.75, 3.05) is 11.8 Å². The Bertz CT molecular complexity index is 1410. The van der Waals surface area contributed by atoms with Gasteiger partial charge in [-0.25, -0.2) is 17.2 Å². The molecule has 1 N–H and O–H groups in total. The molecule has 0 aliphatic heterocycles. The van der Waals surface area contributed by atoms with E-state index in [0.717, 1.165) is 59.7 Å². The Hall–Kier alpha value is -3.26. The van der Waals surface area contributed by atoms with Crippen LogP contribution in [0.5, 0.6) is 5.75 Å². The zero-order chi connectivity index (χ0) is 24.1. The van der Waals surface area contributed by atoms with Crippen LogP contribution in [-0.2, 0) is 33.1 Å². The molecule has 5 nitrogen and oxygen atoms in total. The van der Waals surface area contributed by atoms with Crippen LogP contribution >= 0.6 is 0 Å². The van der Waals surface area contributed by atoms with Crippen molar-refractivity contribution in [3.8, 4) is 5.75 Å². The van der Waals surface area contributed by atoms with Gasteiger partial charge in [0, 0.05) is 18.2 Å². The first-order chi connectivity index (χ1) is 16.2. The molecule has 3 aromatic carbocycles. The highest BCUT2D eigenvalue weighted by molar-refractivity contribution is 7.92. The van der Waals surface area contributed by atoms with Gasteiger partial charge in [-0.05, 0) is 77.9 Å². The van der Waals surface area contributed by atoms with E-state index in [4.69, 9.17) is 4.74 Å². The topological polar surface area (TPSA) is 72.5 Å². The van der Waals surface area contributed by atoms with Crippen molar-refractivity contribution in [3.05, 3.63) is 88.5 Å². The summed E-state index contributed by atoms with van der Waals surface area (Å²) in [4.78, 5) is 12.8. The van der Waals surface area contributed by atoms with Crippen LogP contribution in [0.25, 0.3) is 0 Å². The van der Waals surface area contributed by atoms with Crippen molar-refractivity contribution in [3.63, 3.8) is 0 Å². The molecule has 2 aliphatic rings. The third-order valence-electron chi connectivity index (χ3n) is 6.89. The number of benzene rings is 3. The van der Waals surface area contributed by atoms with Crippen LogP contribution in [-0.4, -0.2) is 21.3 Å². The molecule has 176 valence electrons. The minimum absolute atomic E-state index is 0.112. The summed E-state index contributed by atoms with van der Waals surface area (Å²) in [5, 5.41) is 0. The maximum absolute atomic E-state index is 13.8. The van der Waals surface area contributed by atoms with E-state index < -0.39 is 21.3 Å². The number of halogens is 2. The van der Waals surface area contributed by atoms with Gasteiger partial charge in [0.15, 0.2) is 0 Å². The monoisotopic (exact) mass is 483 g/mol. The summed E-state index contributed by atoms with van der Waals surface area (Å²) in [6.45, 7) is 0. The third-order valence-corrected chi connectivity index (χ3v) is 8.31. The molecule has 8 heteroatoms. The van der Waals surface area contributed by atoms with Crippen molar-refractivity contribution in [1.29, 1.82) is 0 Å². The van der Waals surface area contributed by atoms with Gasteiger partial charge >= 0.3 is 0 Å². The lowest BCUT2D eigenvalue weighted by molar-refractivity contribution is -0.125. The number of sulfonamides is 1. The molecule has 1 fully saturated rings. The van der Waals surface area contributed by atoms with Gasteiger partial charge in [-0.2, -0.15) is 0 Å². The summed E-state index contributed by atoms with van der Waals surface area (Å²) >= 11 is 0. The zero-order valence-electron chi connectivity index (χ0n) is 18.5. The highest BCUT2D eigenvalue weighted by Crippen LogP contribution is 2.52. The van der Waals surface area contributed by atoms with Gasteiger partial charge < -0.3 is 4.74 Å². The Morgan fingerprint density at radius 1 is 1.03 bits per heavy atom. The molecule has 34 heavy (non-hydrogen) atoms. The first-order valence-electron chi connectivity index (χ1n) is 11.0. The van der Waals surface area contributed by atoms with E-state index in [0.29, 0.717) is 18.5 Å². The second-order valence-electron chi connectivity index (χ2n) is 8.90. The van der Waals surface area contributed by atoms with Gasteiger partial charge in [-0.3, -0.25) is 9.52 Å². The van der Waals surface area contributed by atoms with E-state index in [9.17, 15) is 22.0 Å². The molecule has 0 radical (unpaired) electrons. The lowest BCUT2D eigenvalue weighted by Gasteiger charge is -2.38. The Kier molecular flexibility index (Phi) is 5.43. The van der Waals surface area contributed by atoms with E-state index in [1.807, 2.05) is 0 Å². The number of rotatable bonds is 6. The van der Waals surface area contributed by atoms with E-state index in [1.54, 1.807) is 24.3 Å². The van der Waals surface area contributed by atoms with E-state index >= 15 is 0 Å². The molecule has 1 spiro atoms. The lowest BCUT2D eigenvalue weighted by atomic mass is 9.64. The van der Waals surface area contributed by atoms with Crippen LogP contribution in [0.1, 0.15) is 41.5 Å². The fraction of sp³-hybridized carbons (Fsp3) is 0.269. The second kappa shape index (κ2) is 8.20. The number of hydrogen-bond donors (Lipinski definition) is 1. The molecule has 0 unspecified atom stereocenters. The molecule has 0 bridgehead atoms. The number of ether oxygens (including phenoxy) is 1. The predicted molar refractivity (Wildman–Crippen MR) is 124 cm³/mol. The first-order valence-corrected chi connectivity index (χ1v) is 12.5. The van der Waals surface area contributed by atoms with Crippen molar-refractivity contribution < 1.29 is 26.7 Å². The fourth-order valence-corrected chi connectivity index (χ4v) is 6.28. The number of carbonyl (C=O) groups is 1. The van der Waals surface area contributed by atoms with Crippen molar-refractivity contribution in [2.45, 2.75) is 42.4 Å². The van der Waals surface area contributed by atoms with E-state index in [-0.39, 0.29) is 22.2 Å². The highest BCUT2D eigenvalue weighted by Gasteiger charge is 2.51. The Labute approximate surface area is 196 Å². The van der Waals surface area contributed by atoms with Gasteiger partial charge in [-0.15, -0.1) is 0 Å². The number of nitrogens with one attached hydrogen (secondary N) is 1. The number of carbonyl (C=O) groups excluding carboxylic acids is 1. The summed E-state index contributed by atoms with van der Waals surface area (Å²) in [5.41, 5.74) is 2.99. The molecule has 3 aromatic rings. The molecular weight excluding hydrogens is 460 g/mol. The average Bonchev–Trinajstić information content (AvgIpc) is 3.05. The minimum atomic E-state index is -4.11. The van der Waals surface area contributed by atoms with Crippen LogP contribution in [0.15, 0.2) is 59.5 Å². The summed E-state index contributed by atoms with van der Waals surface area (Å²) in [6.07, 6.45) is 3.06. The Morgan fingerprint density at radius 2 is 1.79 bits per heavy atom. The molecule has 2 aliphatic carbocycles. The molecule has 0 aromatic heterocycles. The number of fused-ring (bicyclic) bond motifs is 2. The molecular formula is C26H23F2NO4S. The first kappa shape index (κ1) is 22.5. The van der Waals surface area contributed by atoms with E-state index in [1.165, 1.54) is 19.2 Å². The quantitative estimate of drug-likeness (QED) is 0.541. The largest absolute Gasteiger partial charge is 0.495 e. The molecule has 0 heterocycles. The SMILES string of the molecule is COc1cc(F)ccc1S(=O)(=O)Nc1cc(Cc2cccc(F)c2)c2c(c1)C1(CCC1)C(=O)C2. The highest BCUT2D eigenvalue weighted by atomic mass is 32.2. The minimum Gasteiger partial charge on any atom is -0.495 e. The molecule has 0 amide bonds. The van der Waals surface area contributed by atoms with Gasteiger partial charge in [-0.1, -0.05) is 18.6 Å². The molecule has 5 rings (SSSR count). The van der Waals surface area contributed by atoms with Crippen molar-refractivity contribution in [2.24, 2.45) is 0 Å². The van der Waals surface area contributed by atoms with Gasteiger partial charge in [0.25, 0.3) is 10.0 Å². The number of hydrogen-bond acceptors (Lipinski definition) is 4. The van der Waals surface area contributed by atoms with Crippen LogP contribution in [0.2, 0.25) is 0 Å². The maximum atomic E-state index is 13.8. The molecule has 1 saturated carbocycles. The fourth-order valence-electron chi connectivity index (χ4n) is 5.08. The predicted octanol–water partition coefficient (Wildman–Crippen LogP) is 4.91. The Morgan fingerprint density at radius 3 is 2.47 bits per heavy atom. The van der Waals surface area contributed by atoms with Crippen LogP contribution in [0.3, 0.4) is 0 Å². The van der Waals surface area contributed by atoms with Gasteiger partial charge in [0.1, 0.15) is 28.1 Å². The maximum Gasteiger partial charge on any atom is 0.265 e. The summed E-state index contributed by atoms with van der Waals surface area (Å²) in [6, 6.07) is 12.9. The number of anilines is 1. The van der Waals surface area contributed by atoms with Crippen LogP contribution in [0, 0.1) is 11.6 Å². The van der Waals surface area contributed by atoms with Gasteiger partial charge in [0.05, 0.1) is 12.5 Å². The zero-order valence-corrected chi connectivity index (χ0v) is 19.3.